The molecule has 13 nitrogen and oxygen atoms in total. The number of likely N-dealkylation sites (tertiary alicyclic amines) is 3. The van der Waals surface area contributed by atoms with Gasteiger partial charge < -0.3 is 35.6 Å². The number of carbonyl (C=O) groups excluding carboxylic acids is 4. The molecule has 7 rings (SSSR count). The number of rotatable bonds is 7. The maximum absolute atomic E-state index is 14.3. The first-order valence-corrected chi connectivity index (χ1v) is 18.0. The fraction of sp³-hybridized carbons (Fsp3) is 0.541. The Morgan fingerprint density at radius 3 is 2.44 bits per heavy atom. The Morgan fingerprint density at radius 2 is 1.70 bits per heavy atom. The zero-order valence-electron chi connectivity index (χ0n) is 29.3. The fourth-order valence-corrected chi connectivity index (χ4v) is 8.35. The highest BCUT2D eigenvalue weighted by atomic mass is 16.2. The van der Waals surface area contributed by atoms with Crippen molar-refractivity contribution < 1.29 is 19.2 Å². The maximum atomic E-state index is 14.3. The second-order valence-corrected chi connectivity index (χ2v) is 14.7. The van der Waals surface area contributed by atoms with Gasteiger partial charge in [-0.05, 0) is 87.2 Å². The van der Waals surface area contributed by atoms with Crippen molar-refractivity contribution in [3.8, 4) is 0 Å². The lowest BCUT2D eigenvalue weighted by molar-refractivity contribution is -0.136. The molecule has 1 spiro atoms. The lowest BCUT2D eigenvalue weighted by atomic mass is 9.77. The van der Waals surface area contributed by atoms with Crippen molar-refractivity contribution >= 4 is 40.5 Å². The number of hydrogen-bond acceptors (Lipinski definition) is 6. The summed E-state index contributed by atoms with van der Waals surface area (Å²) in [7, 11) is 1.80. The Morgan fingerprint density at radius 1 is 0.980 bits per heavy atom. The highest BCUT2D eigenvalue weighted by Crippen LogP contribution is 2.41. The molecule has 3 saturated heterocycles. The quantitative estimate of drug-likeness (QED) is 0.300. The predicted octanol–water partition coefficient (Wildman–Crippen LogP) is 3.45. The molecule has 0 unspecified atom stereocenters. The number of piperidine rings is 2. The minimum absolute atomic E-state index is 0.0146. The number of carbonyl (C=O) groups is 4. The van der Waals surface area contributed by atoms with Gasteiger partial charge >= 0.3 is 12.1 Å². The van der Waals surface area contributed by atoms with Crippen LogP contribution in [0, 0.1) is 12.3 Å². The number of urea groups is 2. The number of aromatic nitrogens is 2. The van der Waals surface area contributed by atoms with E-state index in [-0.39, 0.29) is 41.4 Å². The second-order valence-electron chi connectivity index (χ2n) is 14.7. The SMILES string of the molecule is CN[C@@H](C)C(=O)N1CCC2(CC1)CCN(C(=O)[C@@H](Cc1cc(C)c3[nH]ncc3c1)NC(=O)N1CCC(N3Cc4ccccc4NC3=O)CC1)C2. The van der Waals surface area contributed by atoms with Crippen LogP contribution < -0.4 is 16.0 Å². The van der Waals surface area contributed by atoms with Crippen LogP contribution in [0.5, 0.6) is 0 Å². The Labute approximate surface area is 293 Å². The summed E-state index contributed by atoms with van der Waals surface area (Å²) in [5.41, 5.74) is 4.89. The van der Waals surface area contributed by atoms with Crippen molar-refractivity contribution in [2.45, 2.75) is 77.0 Å². The van der Waals surface area contributed by atoms with E-state index in [1.807, 2.05) is 58.9 Å². The third kappa shape index (κ3) is 6.75. The molecule has 13 heteroatoms. The van der Waals surface area contributed by atoms with Crippen LogP contribution in [0.25, 0.3) is 10.9 Å². The summed E-state index contributed by atoms with van der Waals surface area (Å²) in [5, 5.41) is 17.4. The molecular formula is C37H49N9O4. The lowest BCUT2D eigenvalue weighted by Gasteiger charge is -2.41. The molecule has 0 saturated carbocycles. The molecule has 2 atom stereocenters. The van der Waals surface area contributed by atoms with Crippen LogP contribution >= 0.6 is 0 Å². The molecule has 50 heavy (non-hydrogen) atoms. The first-order valence-electron chi connectivity index (χ1n) is 18.0. The highest BCUT2D eigenvalue weighted by molar-refractivity contribution is 5.92. The highest BCUT2D eigenvalue weighted by Gasteiger charge is 2.44. The monoisotopic (exact) mass is 683 g/mol. The van der Waals surface area contributed by atoms with Crippen molar-refractivity contribution in [1.82, 2.24) is 40.4 Å². The summed E-state index contributed by atoms with van der Waals surface area (Å²) in [4.78, 5) is 61.4. The smallest absolute Gasteiger partial charge is 0.322 e. The zero-order valence-corrected chi connectivity index (χ0v) is 29.3. The molecule has 4 aliphatic rings. The van der Waals surface area contributed by atoms with Gasteiger partial charge in [0.25, 0.3) is 0 Å². The third-order valence-electron chi connectivity index (χ3n) is 11.6. The van der Waals surface area contributed by atoms with Crippen LogP contribution in [0.3, 0.4) is 0 Å². The number of aryl methyl sites for hydroxylation is 1. The number of amides is 6. The summed E-state index contributed by atoms with van der Waals surface area (Å²) >= 11 is 0. The zero-order chi connectivity index (χ0) is 35.0. The number of nitrogens with zero attached hydrogens (tertiary/aromatic N) is 5. The first-order chi connectivity index (χ1) is 24.1. The van der Waals surface area contributed by atoms with E-state index in [0.29, 0.717) is 65.1 Å². The van der Waals surface area contributed by atoms with E-state index in [0.717, 1.165) is 52.5 Å². The molecule has 0 bridgehead atoms. The van der Waals surface area contributed by atoms with Crippen molar-refractivity contribution in [1.29, 1.82) is 0 Å². The molecule has 1 aromatic heterocycles. The van der Waals surface area contributed by atoms with Crippen molar-refractivity contribution in [2.75, 3.05) is 51.6 Å². The van der Waals surface area contributed by atoms with E-state index in [1.54, 1.807) is 18.1 Å². The molecule has 266 valence electrons. The minimum Gasteiger partial charge on any atom is -0.341 e. The van der Waals surface area contributed by atoms with Gasteiger partial charge in [0.1, 0.15) is 6.04 Å². The van der Waals surface area contributed by atoms with Crippen molar-refractivity contribution in [3.63, 3.8) is 0 Å². The van der Waals surface area contributed by atoms with E-state index in [4.69, 9.17) is 0 Å². The molecule has 6 amide bonds. The largest absolute Gasteiger partial charge is 0.341 e. The number of nitrogens with one attached hydrogen (secondary N) is 4. The lowest BCUT2D eigenvalue weighted by Crippen LogP contribution is -2.56. The number of H-pyrrole nitrogens is 1. The van der Waals surface area contributed by atoms with Crippen LogP contribution in [0.1, 0.15) is 55.7 Å². The molecule has 5 heterocycles. The molecule has 0 radical (unpaired) electrons. The van der Waals surface area contributed by atoms with Gasteiger partial charge in [-0.2, -0.15) is 5.10 Å². The van der Waals surface area contributed by atoms with E-state index in [2.05, 4.69) is 32.2 Å². The van der Waals surface area contributed by atoms with Gasteiger partial charge in [0.05, 0.1) is 17.8 Å². The van der Waals surface area contributed by atoms with E-state index < -0.39 is 6.04 Å². The van der Waals surface area contributed by atoms with Gasteiger partial charge in [0.15, 0.2) is 0 Å². The van der Waals surface area contributed by atoms with Gasteiger partial charge in [-0.3, -0.25) is 14.7 Å². The normalized spacial score (nSPS) is 20.5. The van der Waals surface area contributed by atoms with E-state index in [9.17, 15) is 19.2 Å². The van der Waals surface area contributed by atoms with E-state index in [1.165, 1.54) is 0 Å². The third-order valence-corrected chi connectivity index (χ3v) is 11.6. The number of fused-ring (bicyclic) bond motifs is 2. The molecule has 2 aromatic carbocycles. The van der Waals surface area contributed by atoms with Gasteiger partial charge in [-0.1, -0.05) is 24.3 Å². The summed E-state index contributed by atoms with van der Waals surface area (Å²) in [5.74, 6) is 0.0514. The fourth-order valence-electron chi connectivity index (χ4n) is 8.35. The number of hydrogen-bond donors (Lipinski definition) is 4. The number of anilines is 1. The first kappa shape index (κ1) is 33.8. The van der Waals surface area contributed by atoms with Crippen LogP contribution in [-0.2, 0) is 22.6 Å². The molecular weight excluding hydrogens is 634 g/mol. The summed E-state index contributed by atoms with van der Waals surface area (Å²) in [6, 6.07) is 10.7. The van der Waals surface area contributed by atoms with Crippen LogP contribution in [0.2, 0.25) is 0 Å². The summed E-state index contributed by atoms with van der Waals surface area (Å²) < 4.78 is 0. The van der Waals surface area contributed by atoms with Crippen molar-refractivity contribution in [2.24, 2.45) is 5.41 Å². The average Bonchev–Trinajstić information content (AvgIpc) is 3.78. The van der Waals surface area contributed by atoms with Gasteiger partial charge in [0.2, 0.25) is 11.8 Å². The standard InChI is InChI=1S/C37H49N9O4/c1-24-18-26(19-28-21-39-42-32(24)28)20-31(34(48)45-17-12-37(23-45)10-15-43(16-11-37)33(47)25(2)38-3)41-35(49)44-13-8-29(9-14-44)46-22-27-6-4-5-7-30(27)40-36(46)50/h4-7,18-19,21,25,29,31,38H,8-17,20,22-23H2,1-3H3,(H,39,42)(H,40,50)(H,41,49)/t25-,31+/m0/s1. The summed E-state index contributed by atoms with van der Waals surface area (Å²) in [6.45, 7) is 8.11. The Balaban J connectivity index is 1.02. The van der Waals surface area contributed by atoms with Crippen molar-refractivity contribution in [3.05, 3.63) is 59.3 Å². The maximum Gasteiger partial charge on any atom is 0.322 e. The predicted molar refractivity (Wildman–Crippen MR) is 190 cm³/mol. The minimum atomic E-state index is -0.735. The van der Waals surface area contributed by atoms with Crippen LogP contribution in [-0.4, -0.2) is 118 Å². The number of aromatic amines is 1. The average molecular weight is 684 g/mol. The van der Waals surface area contributed by atoms with Gasteiger partial charge in [0, 0.05) is 69.3 Å². The van der Waals surface area contributed by atoms with Crippen LogP contribution in [0.4, 0.5) is 15.3 Å². The Hall–Kier alpha value is -4.65. The number of para-hydroxylation sites is 1. The van der Waals surface area contributed by atoms with Gasteiger partial charge in [-0.25, -0.2) is 9.59 Å². The second kappa shape index (κ2) is 13.9. The Kier molecular flexibility index (Phi) is 9.42. The van der Waals surface area contributed by atoms with Gasteiger partial charge in [-0.15, -0.1) is 0 Å². The molecule has 3 aromatic rings. The van der Waals surface area contributed by atoms with Crippen LogP contribution in [0.15, 0.2) is 42.6 Å². The molecule has 0 aliphatic carbocycles. The van der Waals surface area contributed by atoms with E-state index >= 15 is 0 Å². The molecule has 4 aliphatic heterocycles. The summed E-state index contributed by atoms with van der Waals surface area (Å²) in [6.07, 6.45) is 6.10. The Bertz CT molecular complexity index is 1760. The number of likely N-dealkylation sites (N-methyl/N-ethyl adjacent to an activating group) is 1. The number of benzene rings is 2. The topological polar surface area (TPSA) is 146 Å². The molecule has 3 fully saturated rings. The molecule has 4 N–H and O–H groups in total.